The molecule has 8 heavy (non-hydrogen) atoms. The molecule has 1 aliphatic rings. The van der Waals surface area contributed by atoms with Gasteiger partial charge in [-0.05, 0) is 6.92 Å². The first kappa shape index (κ1) is 5.56. The van der Waals surface area contributed by atoms with Gasteiger partial charge in [0.2, 0.25) is 5.91 Å². The molecule has 0 aromatic heterocycles. The van der Waals surface area contributed by atoms with Gasteiger partial charge in [0.1, 0.15) is 0 Å². The van der Waals surface area contributed by atoms with E-state index in [4.69, 9.17) is 5.11 Å². The van der Waals surface area contributed by atoms with E-state index in [0.29, 0.717) is 6.54 Å². The normalized spacial score (nSPS) is 30.8. The minimum atomic E-state index is -0.483. The summed E-state index contributed by atoms with van der Waals surface area (Å²) in [6, 6.07) is 0. The summed E-state index contributed by atoms with van der Waals surface area (Å²) >= 11 is 0. The summed E-state index contributed by atoms with van der Waals surface area (Å²) < 4.78 is 0. The lowest BCUT2D eigenvalue weighted by Crippen LogP contribution is -2.53. The Balaban J connectivity index is 2.37. The van der Waals surface area contributed by atoms with Crippen molar-refractivity contribution in [3.63, 3.8) is 0 Å². The molecular weight excluding hydrogens is 106 g/mol. The van der Waals surface area contributed by atoms with E-state index in [1.807, 2.05) is 0 Å². The van der Waals surface area contributed by atoms with Gasteiger partial charge >= 0.3 is 0 Å². The minimum absolute atomic E-state index is 0.0278. The Morgan fingerprint density at radius 3 is 2.62 bits per heavy atom. The Labute approximate surface area is 47.7 Å². The summed E-state index contributed by atoms with van der Waals surface area (Å²) in [7, 11) is 0. The summed E-state index contributed by atoms with van der Waals surface area (Å²) in [4.78, 5) is 10.4. The maximum atomic E-state index is 10.4. The van der Waals surface area contributed by atoms with E-state index in [1.165, 1.54) is 0 Å². The number of β-lactam (4-membered cyclic amide) rings is 1. The van der Waals surface area contributed by atoms with E-state index in [2.05, 4.69) is 5.32 Å². The standard InChI is InChI=1S/C5H9NO2/c1-3(7)4-2-6-5(4)8/h3-4,7H,2H2,1H3,(H,6,8). The Hall–Kier alpha value is -0.570. The molecule has 3 nitrogen and oxygen atoms in total. The van der Waals surface area contributed by atoms with Crippen LogP contribution in [0.15, 0.2) is 0 Å². The lowest BCUT2D eigenvalue weighted by molar-refractivity contribution is -0.135. The summed E-state index contributed by atoms with van der Waals surface area (Å²) in [5.74, 6) is -0.171. The van der Waals surface area contributed by atoms with Gasteiger partial charge in [-0.1, -0.05) is 0 Å². The number of carbonyl (C=O) groups is 1. The smallest absolute Gasteiger partial charge is 0.227 e. The molecule has 0 aliphatic carbocycles. The van der Waals surface area contributed by atoms with Gasteiger partial charge in [0.25, 0.3) is 0 Å². The van der Waals surface area contributed by atoms with Crippen molar-refractivity contribution in [1.82, 2.24) is 5.32 Å². The molecule has 2 atom stereocenters. The molecule has 46 valence electrons. The number of aliphatic hydroxyl groups excluding tert-OH is 1. The molecule has 0 bridgehead atoms. The Morgan fingerprint density at radius 2 is 2.62 bits per heavy atom. The van der Waals surface area contributed by atoms with Gasteiger partial charge in [0.05, 0.1) is 12.0 Å². The number of carbonyl (C=O) groups excluding carboxylic acids is 1. The molecule has 1 heterocycles. The van der Waals surface area contributed by atoms with Crippen LogP contribution in [0.1, 0.15) is 6.92 Å². The highest BCUT2D eigenvalue weighted by molar-refractivity contribution is 5.84. The molecular formula is C5H9NO2. The maximum Gasteiger partial charge on any atom is 0.227 e. The van der Waals surface area contributed by atoms with Crippen LogP contribution in [-0.4, -0.2) is 23.7 Å². The number of aliphatic hydroxyl groups is 1. The zero-order valence-corrected chi connectivity index (χ0v) is 4.72. The topological polar surface area (TPSA) is 49.3 Å². The van der Waals surface area contributed by atoms with Gasteiger partial charge in [0, 0.05) is 6.54 Å². The quantitative estimate of drug-likeness (QED) is 0.436. The molecule has 0 radical (unpaired) electrons. The third-order valence-electron chi connectivity index (χ3n) is 1.42. The molecule has 0 aromatic rings. The zero-order chi connectivity index (χ0) is 6.15. The fraction of sp³-hybridized carbons (Fsp3) is 0.800. The van der Waals surface area contributed by atoms with Gasteiger partial charge < -0.3 is 10.4 Å². The Kier molecular flexibility index (Phi) is 1.21. The van der Waals surface area contributed by atoms with Gasteiger partial charge in [0.15, 0.2) is 0 Å². The molecule has 1 aliphatic heterocycles. The summed E-state index contributed by atoms with van der Waals surface area (Å²) in [6.45, 7) is 2.26. The van der Waals surface area contributed by atoms with Crippen LogP contribution in [0.25, 0.3) is 0 Å². The summed E-state index contributed by atoms with van der Waals surface area (Å²) in [5.41, 5.74) is 0. The van der Waals surface area contributed by atoms with Gasteiger partial charge in [-0.15, -0.1) is 0 Å². The number of amides is 1. The molecule has 0 spiro atoms. The van der Waals surface area contributed by atoms with Crippen molar-refractivity contribution in [2.75, 3.05) is 6.54 Å². The second-order valence-corrected chi connectivity index (χ2v) is 2.09. The van der Waals surface area contributed by atoms with Crippen molar-refractivity contribution in [2.45, 2.75) is 13.0 Å². The number of hydrogen-bond acceptors (Lipinski definition) is 2. The first-order chi connectivity index (χ1) is 3.72. The molecule has 1 saturated heterocycles. The van der Waals surface area contributed by atoms with Crippen LogP contribution in [0.4, 0.5) is 0 Å². The van der Waals surface area contributed by atoms with Crippen LogP contribution in [0.5, 0.6) is 0 Å². The van der Waals surface area contributed by atoms with E-state index in [0.717, 1.165) is 0 Å². The number of nitrogens with one attached hydrogen (secondary N) is 1. The highest BCUT2D eigenvalue weighted by atomic mass is 16.3. The maximum absolute atomic E-state index is 10.4. The van der Waals surface area contributed by atoms with Gasteiger partial charge in [-0.3, -0.25) is 4.79 Å². The molecule has 1 rings (SSSR count). The van der Waals surface area contributed by atoms with Crippen molar-refractivity contribution in [1.29, 1.82) is 0 Å². The van der Waals surface area contributed by atoms with Gasteiger partial charge in [-0.25, -0.2) is 0 Å². The zero-order valence-electron chi connectivity index (χ0n) is 4.72. The largest absolute Gasteiger partial charge is 0.393 e. The monoisotopic (exact) mass is 115 g/mol. The molecule has 1 fully saturated rings. The minimum Gasteiger partial charge on any atom is -0.393 e. The summed E-state index contributed by atoms with van der Waals surface area (Å²) in [5, 5.41) is 11.3. The molecule has 1 amide bonds. The van der Waals surface area contributed by atoms with Crippen molar-refractivity contribution < 1.29 is 9.90 Å². The van der Waals surface area contributed by atoms with E-state index in [9.17, 15) is 4.79 Å². The first-order valence-electron chi connectivity index (χ1n) is 2.67. The second-order valence-electron chi connectivity index (χ2n) is 2.09. The third kappa shape index (κ3) is 0.690. The molecule has 0 saturated carbocycles. The Bertz CT molecular complexity index is 111. The van der Waals surface area contributed by atoms with E-state index < -0.39 is 6.10 Å². The highest BCUT2D eigenvalue weighted by Gasteiger charge is 2.31. The fourth-order valence-electron chi connectivity index (χ4n) is 0.693. The average molecular weight is 115 g/mol. The van der Waals surface area contributed by atoms with Crippen LogP contribution in [-0.2, 0) is 4.79 Å². The highest BCUT2D eigenvalue weighted by Crippen LogP contribution is 2.09. The second kappa shape index (κ2) is 1.74. The predicted octanol–water partition coefficient (Wildman–Crippen LogP) is -0.887. The van der Waals surface area contributed by atoms with Crippen molar-refractivity contribution in [3.05, 3.63) is 0 Å². The number of rotatable bonds is 1. The van der Waals surface area contributed by atoms with E-state index in [-0.39, 0.29) is 11.8 Å². The Morgan fingerprint density at radius 1 is 2.00 bits per heavy atom. The SMILES string of the molecule is CC(O)C1CNC1=O. The van der Waals surface area contributed by atoms with Crippen molar-refractivity contribution >= 4 is 5.91 Å². The van der Waals surface area contributed by atoms with E-state index >= 15 is 0 Å². The van der Waals surface area contributed by atoms with Crippen molar-refractivity contribution in [2.24, 2.45) is 5.92 Å². The number of hydrogen-bond donors (Lipinski definition) is 2. The average Bonchev–Trinajstić information content (AvgIpc) is 1.61. The summed E-state index contributed by atoms with van der Waals surface area (Å²) in [6.07, 6.45) is -0.483. The first-order valence-corrected chi connectivity index (χ1v) is 2.67. The van der Waals surface area contributed by atoms with Crippen LogP contribution in [0, 0.1) is 5.92 Å². The van der Waals surface area contributed by atoms with Crippen LogP contribution >= 0.6 is 0 Å². The third-order valence-corrected chi connectivity index (χ3v) is 1.42. The van der Waals surface area contributed by atoms with Crippen LogP contribution in [0.3, 0.4) is 0 Å². The lowest BCUT2D eigenvalue weighted by atomic mass is 9.97. The fourth-order valence-corrected chi connectivity index (χ4v) is 0.693. The molecule has 0 aromatic carbocycles. The van der Waals surface area contributed by atoms with Crippen molar-refractivity contribution in [3.8, 4) is 0 Å². The molecule has 3 heteroatoms. The molecule has 2 unspecified atom stereocenters. The van der Waals surface area contributed by atoms with Crippen LogP contribution in [0.2, 0.25) is 0 Å². The van der Waals surface area contributed by atoms with E-state index in [1.54, 1.807) is 6.92 Å². The van der Waals surface area contributed by atoms with Crippen LogP contribution < -0.4 is 5.32 Å². The van der Waals surface area contributed by atoms with Gasteiger partial charge in [-0.2, -0.15) is 0 Å². The predicted molar refractivity (Wildman–Crippen MR) is 28.2 cm³/mol. The molecule has 2 N–H and O–H groups in total. The lowest BCUT2D eigenvalue weighted by Gasteiger charge is -2.27.